The van der Waals surface area contributed by atoms with E-state index in [1.807, 2.05) is 0 Å². The number of likely N-dealkylation sites (tertiary alicyclic amines) is 1. The second-order valence-electron chi connectivity index (χ2n) is 4.95. The molecule has 1 heterocycles. The first kappa shape index (κ1) is 12.3. The minimum Gasteiger partial charge on any atom is -0.444 e. The Kier molecular flexibility index (Phi) is 3.57. The van der Waals surface area contributed by atoms with Gasteiger partial charge in [0, 0.05) is 18.6 Å². The number of piperidine rings is 1. The number of aliphatic hydroxyl groups is 1. The summed E-state index contributed by atoms with van der Waals surface area (Å²) in [5, 5.41) is 9.78. The fourth-order valence-electron chi connectivity index (χ4n) is 1.81. The zero-order chi connectivity index (χ0) is 11.6. The van der Waals surface area contributed by atoms with E-state index in [0.29, 0.717) is 13.0 Å². The summed E-state index contributed by atoms with van der Waals surface area (Å²) < 4.78 is 4.83. The highest BCUT2D eigenvalue weighted by Gasteiger charge is 2.34. The van der Waals surface area contributed by atoms with Crippen molar-refractivity contribution in [2.45, 2.75) is 44.9 Å². The Morgan fingerprint density at radius 3 is 2.53 bits per heavy atom. The smallest absolute Gasteiger partial charge is 0.404 e. The third kappa shape index (κ3) is 3.35. The summed E-state index contributed by atoms with van der Waals surface area (Å²) in [7, 11) is 0. The Labute approximate surface area is 90.2 Å². The first-order valence-electron chi connectivity index (χ1n) is 5.20. The second-order valence-corrected chi connectivity index (χ2v) is 4.95. The largest absolute Gasteiger partial charge is 0.444 e. The molecule has 3 N–H and O–H groups in total. The van der Waals surface area contributed by atoms with E-state index in [4.69, 9.17) is 10.5 Å². The highest BCUT2D eigenvalue weighted by atomic mass is 16.6. The highest BCUT2D eigenvalue weighted by molar-refractivity contribution is 5.64. The van der Waals surface area contributed by atoms with E-state index in [9.17, 15) is 9.90 Å². The topological polar surface area (TPSA) is 75.8 Å². The van der Waals surface area contributed by atoms with Crippen LogP contribution in [-0.4, -0.2) is 46.9 Å². The number of ether oxygens (including phenoxy) is 1. The van der Waals surface area contributed by atoms with Crippen LogP contribution in [0.3, 0.4) is 0 Å². The average Bonchev–Trinajstić information content (AvgIpc) is 2.05. The third-order valence-electron chi connectivity index (χ3n) is 2.74. The fourth-order valence-corrected chi connectivity index (χ4v) is 1.81. The van der Waals surface area contributed by atoms with Gasteiger partial charge in [0.2, 0.25) is 0 Å². The number of primary amides is 1. The Morgan fingerprint density at radius 1 is 1.53 bits per heavy atom. The van der Waals surface area contributed by atoms with E-state index in [1.54, 1.807) is 0 Å². The van der Waals surface area contributed by atoms with Crippen LogP contribution < -0.4 is 5.73 Å². The molecule has 5 heteroatoms. The zero-order valence-electron chi connectivity index (χ0n) is 9.56. The first-order chi connectivity index (χ1) is 6.80. The number of β-amino-alcohol motifs (C(OH)–C–C–N with tert-alkyl or cyclic N) is 1. The molecule has 1 fully saturated rings. The molecular weight excluding hydrogens is 196 g/mol. The molecule has 0 spiro atoms. The van der Waals surface area contributed by atoms with Gasteiger partial charge in [0.05, 0.1) is 0 Å². The molecule has 15 heavy (non-hydrogen) atoms. The summed E-state index contributed by atoms with van der Waals surface area (Å²) in [6.07, 6.45) is -1.30. The number of aliphatic hydroxyl groups excluding tert-OH is 1. The maximum Gasteiger partial charge on any atom is 0.404 e. The minimum atomic E-state index is -0.816. The van der Waals surface area contributed by atoms with Crippen LogP contribution in [0.4, 0.5) is 4.79 Å². The monoisotopic (exact) mass is 216 g/mol. The van der Waals surface area contributed by atoms with Crippen molar-refractivity contribution in [2.24, 2.45) is 5.73 Å². The van der Waals surface area contributed by atoms with Gasteiger partial charge in [-0.3, -0.25) is 4.90 Å². The lowest BCUT2D eigenvalue weighted by Gasteiger charge is -2.42. The van der Waals surface area contributed by atoms with E-state index in [1.165, 1.54) is 0 Å². The number of nitrogens with zero attached hydrogens (tertiary/aromatic N) is 1. The standard InChI is InChI=1S/C10H20N2O3/c1-10(2,3)12-5-4-8(7(13)6-12)15-9(11)14/h7-8,13H,4-6H2,1-3H3,(H2,11,14)/t7-,8-/m1/s1. The van der Waals surface area contributed by atoms with Crippen LogP contribution >= 0.6 is 0 Å². The number of hydrogen-bond acceptors (Lipinski definition) is 4. The van der Waals surface area contributed by atoms with Crippen molar-refractivity contribution in [3.05, 3.63) is 0 Å². The molecule has 1 rings (SSSR count). The second kappa shape index (κ2) is 4.37. The van der Waals surface area contributed by atoms with Crippen LogP contribution in [0.1, 0.15) is 27.2 Å². The van der Waals surface area contributed by atoms with E-state index >= 15 is 0 Å². The first-order valence-corrected chi connectivity index (χ1v) is 5.20. The van der Waals surface area contributed by atoms with Crippen LogP contribution in [0.25, 0.3) is 0 Å². The Hall–Kier alpha value is -0.810. The van der Waals surface area contributed by atoms with Gasteiger partial charge in [0.1, 0.15) is 12.2 Å². The number of hydrogen-bond donors (Lipinski definition) is 2. The lowest BCUT2D eigenvalue weighted by atomic mass is 9.98. The molecule has 1 aliphatic rings. The van der Waals surface area contributed by atoms with E-state index < -0.39 is 18.3 Å². The molecule has 0 radical (unpaired) electrons. The Bertz CT molecular complexity index is 237. The Balaban J connectivity index is 2.51. The molecule has 0 aliphatic carbocycles. The lowest BCUT2D eigenvalue weighted by molar-refractivity contribution is -0.0640. The number of amides is 1. The van der Waals surface area contributed by atoms with Crippen LogP contribution in [0, 0.1) is 0 Å². The highest BCUT2D eigenvalue weighted by Crippen LogP contribution is 2.21. The van der Waals surface area contributed by atoms with Gasteiger partial charge in [-0.05, 0) is 27.2 Å². The average molecular weight is 216 g/mol. The molecule has 0 saturated carbocycles. The van der Waals surface area contributed by atoms with Gasteiger partial charge in [-0.15, -0.1) is 0 Å². The van der Waals surface area contributed by atoms with Gasteiger partial charge >= 0.3 is 6.09 Å². The molecule has 1 saturated heterocycles. The normalized spacial score (nSPS) is 28.8. The molecule has 88 valence electrons. The van der Waals surface area contributed by atoms with Crippen molar-refractivity contribution in [1.29, 1.82) is 0 Å². The number of carbonyl (C=O) groups is 1. The molecular formula is C10H20N2O3. The number of carbonyl (C=O) groups excluding carboxylic acids is 1. The predicted molar refractivity (Wildman–Crippen MR) is 56.4 cm³/mol. The summed E-state index contributed by atoms with van der Waals surface area (Å²) in [6.45, 7) is 7.60. The van der Waals surface area contributed by atoms with Crippen molar-refractivity contribution >= 4 is 6.09 Å². The van der Waals surface area contributed by atoms with Crippen LogP contribution in [0.5, 0.6) is 0 Å². The third-order valence-corrected chi connectivity index (χ3v) is 2.74. The van der Waals surface area contributed by atoms with Gasteiger partial charge in [0.15, 0.2) is 0 Å². The molecule has 0 aromatic carbocycles. The number of rotatable bonds is 1. The van der Waals surface area contributed by atoms with E-state index in [0.717, 1.165) is 6.54 Å². The van der Waals surface area contributed by atoms with Gasteiger partial charge in [-0.2, -0.15) is 0 Å². The van der Waals surface area contributed by atoms with Gasteiger partial charge in [-0.1, -0.05) is 0 Å². The van der Waals surface area contributed by atoms with Crippen LogP contribution in [0.15, 0.2) is 0 Å². The van der Waals surface area contributed by atoms with Crippen molar-refractivity contribution in [2.75, 3.05) is 13.1 Å². The molecule has 2 atom stereocenters. The summed E-state index contributed by atoms with van der Waals surface area (Å²) in [5.41, 5.74) is 4.95. The van der Waals surface area contributed by atoms with Gasteiger partial charge < -0.3 is 15.6 Å². The van der Waals surface area contributed by atoms with Crippen molar-refractivity contribution < 1.29 is 14.6 Å². The molecule has 1 aliphatic heterocycles. The van der Waals surface area contributed by atoms with E-state index in [-0.39, 0.29) is 5.54 Å². The minimum absolute atomic E-state index is 0.0265. The van der Waals surface area contributed by atoms with Crippen molar-refractivity contribution in [3.63, 3.8) is 0 Å². The van der Waals surface area contributed by atoms with Gasteiger partial charge in [-0.25, -0.2) is 4.79 Å². The van der Waals surface area contributed by atoms with Gasteiger partial charge in [0.25, 0.3) is 0 Å². The quantitative estimate of drug-likeness (QED) is 0.661. The SMILES string of the molecule is CC(C)(C)N1CC[C@@H](OC(N)=O)[C@H](O)C1. The summed E-state index contributed by atoms with van der Waals surface area (Å²) in [6, 6.07) is 0. The molecule has 0 unspecified atom stereocenters. The summed E-state index contributed by atoms with van der Waals surface area (Å²) in [4.78, 5) is 12.7. The lowest BCUT2D eigenvalue weighted by Crippen LogP contribution is -2.54. The Morgan fingerprint density at radius 2 is 2.13 bits per heavy atom. The fraction of sp³-hybridized carbons (Fsp3) is 0.900. The summed E-state index contributed by atoms with van der Waals surface area (Å²) in [5.74, 6) is 0. The van der Waals surface area contributed by atoms with Crippen LogP contribution in [-0.2, 0) is 4.74 Å². The zero-order valence-corrected chi connectivity index (χ0v) is 9.56. The maximum atomic E-state index is 10.6. The molecule has 0 aromatic heterocycles. The van der Waals surface area contributed by atoms with Crippen molar-refractivity contribution in [1.82, 2.24) is 4.90 Å². The molecule has 0 bridgehead atoms. The molecule has 5 nitrogen and oxygen atoms in total. The van der Waals surface area contributed by atoms with E-state index in [2.05, 4.69) is 25.7 Å². The molecule has 1 amide bonds. The molecule has 0 aromatic rings. The summed E-state index contributed by atoms with van der Waals surface area (Å²) >= 11 is 0. The predicted octanol–water partition coefficient (Wildman–Crippen LogP) is 0.315. The van der Waals surface area contributed by atoms with Crippen molar-refractivity contribution in [3.8, 4) is 0 Å². The van der Waals surface area contributed by atoms with Crippen LogP contribution in [0.2, 0.25) is 0 Å². The maximum absolute atomic E-state index is 10.6. The number of nitrogens with two attached hydrogens (primary N) is 1.